The SMILES string of the molecule is COc1cc(-c2cc(C(=O)N3CC[C@H](C(=O)NCc4sc(C)nc4CC(F)(F)F)CC34CC4)[nH]n2)c(F)cn1. The van der Waals surface area contributed by atoms with Gasteiger partial charge < -0.3 is 15.0 Å². The van der Waals surface area contributed by atoms with Crippen molar-refractivity contribution in [3.63, 3.8) is 0 Å². The van der Waals surface area contributed by atoms with E-state index in [0.717, 1.165) is 30.4 Å². The average molecular weight is 567 g/mol. The fraction of sp³-hybridized carbons (Fsp3) is 0.480. The number of alkyl halides is 3. The second-order valence-corrected chi connectivity index (χ2v) is 11.1. The van der Waals surface area contributed by atoms with E-state index < -0.39 is 24.0 Å². The van der Waals surface area contributed by atoms with Crippen LogP contribution in [0.2, 0.25) is 0 Å². The largest absolute Gasteiger partial charge is 0.481 e. The molecule has 0 radical (unpaired) electrons. The lowest BCUT2D eigenvalue weighted by Gasteiger charge is -2.39. The molecule has 208 valence electrons. The summed E-state index contributed by atoms with van der Waals surface area (Å²) in [5.41, 5.74) is 0.0542. The van der Waals surface area contributed by atoms with E-state index in [9.17, 15) is 27.2 Å². The van der Waals surface area contributed by atoms with E-state index >= 15 is 0 Å². The molecule has 1 aliphatic heterocycles. The van der Waals surface area contributed by atoms with Gasteiger partial charge in [0, 0.05) is 34.5 Å². The van der Waals surface area contributed by atoms with E-state index in [-0.39, 0.29) is 52.8 Å². The molecule has 4 heterocycles. The van der Waals surface area contributed by atoms with Crippen LogP contribution in [0.25, 0.3) is 11.3 Å². The third-order valence-corrected chi connectivity index (χ3v) is 8.16. The summed E-state index contributed by atoms with van der Waals surface area (Å²) in [5.74, 6) is -1.30. The first-order chi connectivity index (χ1) is 18.5. The molecule has 5 rings (SSSR count). The van der Waals surface area contributed by atoms with Gasteiger partial charge in [-0.15, -0.1) is 11.3 Å². The van der Waals surface area contributed by atoms with Crippen LogP contribution >= 0.6 is 11.3 Å². The van der Waals surface area contributed by atoms with Crippen LogP contribution in [0.4, 0.5) is 17.6 Å². The third-order valence-electron chi connectivity index (χ3n) is 7.14. The first-order valence-corrected chi connectivity index (χ1v) is 13.2. The van der Waals surface area contributed by atoms with Gasteiger partial charge >= 0.3 is 6.18 Å². The summed E-state index contributed by atoms with van der Waals surface area (Å²) in [6.07, 6.45) is -2.15. The number of piperidine rings is 1. The fourth-order valence-corrected chi connectivity index (χ4v) is 5.98. The van der Waals surface area contributed by atoms with Crippen LogP contribution in [0.3, 0.4) is 0 Å². The Bertz CT molecular complexity index is 1400. The molecule has 14 heteroatoms. The number of nitrogens with zero attached hydrogens (tertiary/aromatic N) is 4. The maximum Gasteiger partial charge on any atom is 0.394 e. The van der Waals surface area contributed by atoms with E-state index in [2.05, 4.69) is 25.5 Å². The van der Waals surface area contributed by atoms with Crippen LogP contribution in [0.15, 0.2) is 18.3 Å². The molecular formula is C25H26F4N6O3S. The molecule has 0 unspecified atom stereocenters. The zero-order chi connectivity index (χ0) is 27.9. The van der Waals surface area contributed by atoms with Gasteiger partial charge in [0.2, 0.25) is 11.8 Å². The zero-order valence-corrected chi connectivity index (χ0v) is 22.0. The molecule has 9 nitrogen and oxygen atoms in total. The maximum absolute atomic E-state index is 14.3. The number of H-pyrrole nitrogens is 1. The summed E-state index contributed by atoms with van der Waals surface area (Å²) >= 11 is 1.14. The van der Waals surface area contributed by atoms with Gasteiger partial charge in [-0.3, -0.25) is 14.7 Å². The fourth-order valence-electron chi connectivity index (χ4n) is 5.08. The maximum atomic E-state index is 14.3. The molecule has 3 aromatic rings. The minimum Gasteiger partial charge on any atom is -0.481 e. The van der Waals surface area contributed by atoms with Gasteiger partial charge in [-0.05, 0) is 38.7 Å². The lowest BCUT2D eigenvalue weighted by atomic mass is 9.88. The summed E-state index contributed by atoms with van der Waals surface area (Å²) in [4.78, 5) is 36.3. The Labute approximate surface area is 225 Å². The van der Waals surface area contributed by atoms with Gasteiger partial charge in [-0.25, -0.2) is 14.4 Å². The number of amides is 2. The van der Waals surface area contributed by atoms with Crippen molar-refractivity contribution >= 4 is 23.2 Å². The van der Waals surface area contributed by atoms with Crippen molar-refractivity contribution in [2.75, 3.05) is 13.7 Å². The molecule has 1 spiro atoms. The molecule has 0 aromatic carbocycles. The molecule has 1 aliphatic carbocycles. The number of methoxy groups -OCH3 is 1. The quantitative estimate of drug-likeness (QED) is 0.415. The van der Waals surface area contributed by atoms with Gasteiger partial charge in [0.25, 0.3) is 5.91 Å². The Morgan fingerprint density at radius 3 is 2.77 bits per heavy atom. The topological polar surface area (TPSA) is 113 Å². The van der Waals surface area contributed by atoms with Crippen LogP contribution < -0.4 is 10.1 Å². The molecule has 2 fully saturated rings. The van der Waals surface area contributed by atoms with E-state index in [4.69, 9.17) is 4.74 Å². The van der Waals surface area contributed by atoms with Crippen LogP contribution in [0.1, 0.15) is 51.8 Å². The minimum absolute atomic E-state index is 0.0187. The number of aromatic amines is 1. The summed E-state index contributed by atoms with van der Waals surface area (Å²) in [7, 11) is 1.41. The second kappa shape index (κ2) is 10.2. The van der Waals surface area contributed by atoms with Crippen molar-refractivity contribution in [2.45, 2.75) is 57.3 Å². The smallest absolute Gasteiger partial charge is 0.394 e. The Hall–Kier alpha value is -3.55. The predicted molar refractivity (Wildman–Crippen MR) is 133 cm³/mol. The average Bonchev–Trinajstić information content (AvgIpc) is 3.30. The lowest BCUT2D eigenvalue weighted by molar-refractivity contribution is -0.127. The van der Waals surface area contributed by atoms with Gasteiger partial charge in [-0.2, -0.15) is 18.3 Å². The zero-order valence-electron chi connectivity index (χ0n) is 21.2. The van der Waals surface area contributed by atoms with Crippen LogP contribution in [-0.2, 0) is 17.8 Å². The van der Waals surface area contributed by atoms with Gasteiger partial charge in [-0.1, -0.05) is 0 Å². The highest BCUT2D eigenvalue weighted by molar-refractivity contribution is 7.11. The summed E-state index contributed by atoms with van der Waals surface area (Å²) in [6.45, 7) is 1.95. The standard InChI is InChI=1S/C25H26F4N6O3S/c1-13-32-19(10-25(27,28)29)20(39-13)12-31-22(36)14-3-6-35(24(9-14)4-5-24)23(37)18-8-17(33-34-18)15-7-21(38-2)30-11-16(15)26/h7-8,11,14H,3-6,9-10,12H2,1-2H3,(H,31,36)(H,33,34)/t14-/m0/s1. The normalized spacial score (nSPS) is 18.3. The van der Waals surface area contributed by atoms with Gasteiger partial charge in [0.1, 0.15) is 5.69 Å². The van der Waals surface area contributed by atoms with Crippen LogP contribution in [-0.4, -0.2) is 62.2 Å². The number of rotatable bonds is 7. The van der Waals surface area contributed by atoms with Crippen molar-refractivity contribution in [1.29, 1.82) is 0 Å². The van der Waals surface area contributed by atoms with Crippen molar-refractivity contribution in [2.24, 2.45) is 5.92 Å². The highest BCUT2D eigenvalue weighted by Gasteiger charge is 2.54. The van der Waals surface area contributed by atoms with Gasteiger partial charge in [0.05, 0.1) is 42.7 Å². The number of aryl methyl sites for hydroxylation is 1. The first kappa shape index (κ1) is 27.0. The second-order valence-electron chi connectivity index (χ2n) is 9.86. The molecule has 1 saturated heterocycles. The predicted octanol–water partition coefficient (Wildman–Crippen LogP) is 4.19. The molecule has 2 aliphatic rings. The number of thiazole rings is 1. The number of hydrogen-bond acceptors (Lipinski definition) is 7. The number of pyridine rings is 1. The molecule has 3 aromatic heterocycles. The summed E-state index contributed by atoms with van der Waals surface area (Å²) in [6, 6.07) is 2.87. The van der Waals surface area contributed by atoms with Crippen LogP contribution in [0.5, 0.6) is 5.88 Å². The van der Waals surface area contributed by atoms with E-state index in [1.54, 1.807) is 11.8 Å². The van der Waals surface area contributed by atoms with Crippen molar-refractivity contribution < 1.29 is 31.9 Å². The molecule has 2 amide bonds. The summed E-state index contributed by atoms with van der Waals surface area (Å²) < 4.78 is 58.0. The van der Waals surface area contributed by atoms with Crippen molar-refractivity contribution in [3.8, 4) is 17.1 Å². The molecule has 39 heavy (non-hydrogen) atoms. The number of carbonyl (C=O) groups excluding carboxylic acids is 2. The monoisotopic (exact) mass is 566 g/mol. The first-order valence-electron chi connectivity index (χ1n) is 12.3. The number of likely N-dealkylation sites (tertiary alicyclic amines) is 1. The van der Waals surface area contributed by atoms with Crippen molar-refractivity contribution in [1.82, 2.24) is 30.4 Å². The number of hydrogen-bond donors (Lipinski definition) is 2. The Morgan fingerprint density at radius 2 is 2.08 bits per heavy atom. The molecule has 1 atom stereocenters. The molecule has 1 saturated carbocycles. The van der Waals surface area contributed by atoms with Crippen LogP contribution in [0, 0.1) is 18.7 Å². The number of ether oxygens (including phenoxy) is 1. The number of nitrogens with one attached hydrogen (secondary N) is 2. The highest BCUT2D eigenvalue weighted by Crippen LogP contribution is 2.50. The minimum atomic E-state index is -4.38. The Balaban J connectivity index is 1.23. The van der Waals surface area contributed by atoms with E-state index in [0.29, 0.717) is 29.3 Å². The van der Waals surface area contributed by atoms with Crippen molar-refractivity contribution in [3.05, 3.63) is 45.4 Å². The van der Waals surface area contributed by atoms with Gasteiger partial charge in [0.15, 0.2) is 5.82 Å². The number of carbonyl (C=O) groups is 2. The molecular weight excluding hydrogens is 540 g/mol. The number of aromatic nitrogens is 4. The lowest BCUT2D eigenvalue weighted by Crippen LogP contribution is -2.50. The molecule has 0 bridgehead atoms. The third kappa shape index (κ3) is 5.75. The Morgan fingerprint density at radius 1 is 1.31 bits per heavy atom. The van der Waals surface area contributed by atoms with E-state index in [1.165, 1.54) is 19.2 Å². The summed E-state index contributed by atoms with van der Waals surface area (Å²) in [5, 5.41) is 10.1. The Kier molecular flexibility index (Phi) is 7.08. The van der Waals surface area contributed by atoms with E-state index in [1.807, 2.05) is 0 Å². The highest BCUT2D eigenvalue weighted by atomic mass is 32.1. The number of halogens is 4. The molecule has 2 N–H and O–H groups in total.